The lowest BCUT2D eigenvalue weighted by Gasteiger charge is -2.03. The summed E-state index contributed by atoms with van der Waals surface area (Å²) in [5.41, 5.74) is 5.24. The predicted octanol–water partition coefficient (Wildman–Crippen LogP) is -0.419. The molecule has 0 spiro atoms. The summed E-state index contributed by atoms with van der Waals surface area (Å²) < 4.78 is 1.41. The molecular weight excluding hydrogens is 160 g/mol. The van der Waals surface area contributed by atoms with Crippen LogP contribution in [0, 0.1) is 5.92 Å². The second-order valence-electron chi connectivity index (χ2n) is 2.56. The Labute approximate surface area is 69.0 Å². The first-order chi connectivity index (χ1) is 5.59. The molecule has 6 heteroatoms. The molecule has 1 aromatic rings. The number of nitrogen functional groups attached to an aromatic ring is 1. The summed E-state index contributed by atoms with van der Waals surface area (Å²) in [7, 11) is 0. The van der Waals surface area contributed by atoms with Gasteiger partial charge in [-0.3, -0.25) is 4.79 Å². The third-order valence-electron chi connectivity index (χ3n) is 1.44. The quantitative estimate of drug-likeness (QED) is 0.642. The van der Waals surface area contributed by atoms with E-state index in [0.29, 0.717) is 6.54 Å². The predicted molar refractivity (Wildman–Crippen MR) is 41.2 cm³/mol. The summed E-state index contributed by atoms with van der Waals surface area (Å²) in [6.07, 6.45) is 1.41. The van der Waals surface area contributed by atoms with Gasteiger partial charge in [0.25, 0.3) is 0 Å². The zero-order chi connectivity index (χ0) is 9.14. The number of rotatable bonds is 3. The Morgan fingerprint density at radius 1 is 1.92 bits per heavy atom. The molecule has 0 aliphatic carbocycles. The molecule has 1 heterocycles. The number of hydrogen-bond acceptors (Lipinski definition) is 4. The van der Waals surface area contributed by atoms with Crippen molar-refractivity contribution in [3.05, 3.63) is 6.33 Å². The molecule has 0 aliphatic heterocycles. The van der Waals surface area contributed by atoms with Crippen LogP contribution < -0.4 is 5.73 Å². The fourth-order valence-corrected chi connectivity index (χ4v) is 0.756. The monoisotopic (exact) mass is 170 g/mol. The Kier molecular flexibility index (Phi) is 2.27. The van der Waals surface area contributed by atoms with Crippen LogP contribution in [0.25, 0.3) is 0 Å². The Morgan fingerprint density at radius 3 is 3.00 bits per heavy atom. The van der Waals surface area contributed by atoms with E-state index in [1.54, 1.807) is 6.92 Å². The third-order valence-corrected chi connectivity index (χ3v) is 1.44. The Balaban J connectivity index is 2.58. The lowest BCUT2D eigenvalue weighted by Crippen LogP contribution is -2.17. The molecule has 1 aromatic heterocycles. The lowest BCUT2D eigenvalue weighted by atomic mass is 10.2. The number of nitrogens with zero attached hydrogens (tertiary/aromatic N) is 3. The normalized spacial score (nSPS) is 12.8. The lowest BCUT2D eigenvalue weighted by molar-refractivity contribution is -0.141. The summed E-state index contributed by atoms with van der Waals surface area (Å²) in [4.78, 5) is 14.1. The Hall–Kier alpha value is -1.59. The van der Waals surface area contributed by atoms with Gasteiger partial charge in [0.2, 0.25) is 5.95 Å². The van der Waals surface area contributed by atoms with Crippen molar-refractivity contribution in [2.24, 2.45) is 5.92 Å². The second kappa shape index (κ2) is 3.21. The molecule has 0 fully saturated rings. The first-order valence-electron chi connectivity index (χ1n) is 3.47. The van der Waals surface area contributed by atoms with Crippen LogP contribution in [0.3, 0.4) is 0 Å². The molecule has 3 N–H and O–H groups in total. The van der Waals surface area contributed by atoms with E-state index >= 15 is 0 Å². The number of anilines is 1. The molecule has 0 aliphatic rings. The molecule has 1 atom stereocenters. The van der Waals surface area contributed by atoms with Gasteiger partial charge in [0.15, 0.2) is 0 Å². The highest BCUT2D eigenvalue weighted by molar-refractivity contribution is 5.69. The largest absolute Gasteiger partial charge is 0.481 e. The van der Waals surface area contributed by atoms with Crippen LogP contribution >= 0.6 is 0 Å². The highest BCUT2D eigenvalue weighted by atomic mass is 16.4. The topological polar surface area (TPSA) is 94.0 Å². The average molecular weight is 170 g/mol. The average Bonchev–Trinajstić information content (AvgIpc) is 2.35. The number of aromatic nitrogens is 3. The molecular formula is C6H10N4O2. The van der Waals surface area contributed by atoms with Crippen LogP contribution in [0.1, 0.15) is 6.92 Å². The molecule has 0 bridgehead atoms. The maximum absolute atomic E-state index is 10.4. The van der Waals surface area contributed by atoms with E-state index in [0.717, 1.165) is 0 Å². The fraction of sp³-hybridized carbons (Fsp3) is 0.500. The van der Waals surface area contributed by atoms with Crippen molar-refractivity contribution in [3.8, 4) is 0 Å². The molecule has 12 heavy (non-hydrogen) atoms. The summed E-state index contributed by atoms with van der Waals surface area (Å²) in [5.74, 6) is -1.18. The van der Waals surface area contributed by atoms with Gasteiger partial charge in [-0.15, -0.1) is 5.10 Å². The van der Waals surface area contributed by atoms with Crippen LogP contribution in [0.15, 0.2) is 6.33 Å². The van der Waals surface area contributed by atoms with Crippen LogP contribution in [0.2, 0.25) is 0 Å². The third kappa shape index (κ3) is 1.94. The molecule has 0 radical (unpaired) electrons. The van der Waals surface area contributed by atoms with Gasteiger partial charge in [0.05, 0.1) is 12.5 Å². The molecule has 6 nitrogen and oxygen atoms in total. The standard InChI is InChI=1S/C6H10N4O2/c1-4(5(11)12)2-10-3-8-6(7)9-10/h3-4H,2H2,1H3,(H2,7,9)(H,11,12). The van der Waals surface area contributed by atoms with Crippen molar-refractivity contribution < 1.29 is 9.90 Å². The molecule has 1 unspecified atom stereocenters. The van der Waals surface area contributed by atoms with E-state index in [9.17, 15) is 4.79 Å². The summed E-state index contributed by atoms with van der Waals surface area (Å²) in [5, 5.41) is 12.3. The van der Waals surface area contributed by atoms with Gasteiger partial charge in [0, 0.05) is 0 Å². The Morgan fingerprint density at radius 2 is 2.58 bits per heavy atom. The highest BCUT2D eigenvalue weighted by Gasteiger charge is 2.11. The van der Waals surface area contributed by atoms with Crippen molar-refractivity contribution in [3.63, 3.8) is 0 Å². The first kappa shape index (κ1) is 8.51. The molecule has 1 rings (SSSR count). The van der Waals surface area contributed by atoms with Crippen molar-refractivity contribution >= 4 is 11.9 Å². The van der Waals surface area contributed by atoms with Crippen LogP contribution in [0.5, 0.6) is 0 Å². The fourth-order valence-electron chi connectivity index (χ4n) is 0.756. The maximum atomic E-state index is 10.4. The van der Waals surface area contributed by atoms with Crippen LogP contribution in [-0.4, -0.2) is 25.8 Å². The smallest absolute Gasteiger partial charge is 0.308 e. The number of aliphatic carboxylic acids is 1. The van der Waals surface area contributed by atoms with E-state index < -0.39 is 11.9 Å². The van der Waals surface area contributed by atoms with E-state index in [2.05, 4.69) is 10.1 Å². The van der Waals surface area contributed by atoms with Crippen molar-refractivity contribution in [2.75, 3.05) is 5.73 Å². The van der Waals surface area contributed by atoms with E-state index in [-0.39, 0.29) is 5.95 Å². The highest BCUT2D eigenvalue weighted by Crippen LogP contribution is 1.99. The number of carboxylic acid groups (broad SMARTS) is 1. The minimum absolute atomic E-state index is 0.160. The number of carbonyl (C=O) groups is 1. The summed E-state index contributed by atoms with van der Waals surface area (Å²) in [6, 6.07) is 0. The Bertz CT molecular complexity index is 283. The molecule has 0 amide bonds. The number of hydrogen-bond donors (Lipinski definition) is 2. The molecule has 0 saturated carbocycles. The minimum Gasteiger partial charge on any atom is -0.481 e. The molecule has 66 valence electrons. The maximum Gasteiger partial charge on any atom is 0.308 e. The van der Waals surface area contributed by atoms with E-state index in [4.69, 9.17) is 10.8 Å². The van der Waals surface area contributed by atoms with Crippen molar-refractivity contribution in [1.82, 2.24) is 14.8 Å². The van der Waals surface area contributed by atoms with Gasteiger partial charge in [-0.25, -0.2) is 9.67 Å². The first-order valence-corrected chi connectivity index (χ1v) is 3.47. The van der Waals surface area contributed by atoms with Crippen molar-refractivity contribution in [1.29, 1.82) is 0 Å². The van der Waals surface area contributed by atoms with Crippen LogP contribution in [-0.2, 0) is 11.3 Å². The summed E-state index contributed by atoms with van der Waals surface area (Å²) >= 11 is 0. The summed E-state index contributed by atoms with van der Waals surface area (Å²) in [6.45, 7) is 1.89. The zero-order valence-electron chi connectivity index (χ0n) is 6.64. The van der Waals surface area contributed by atoms with Gasteiger partial charge >= 0.3 is 5.97 Å². The zero-order valence-corrected chi connectivity index (χ0v) is 6.64. The minimum atomic E-state index is -0.857. The molecule has 0 saturated heterocycles. The second-order valence-corrected chi connectivity index (χ2v) is 2.56. The molecule has 0 aromatic carbocycles. The van der Waals surface area contributed by atoms with E-state index in [1.165, 1.54) is 11.0 Å². The van der Waals surface area contributed by atoms with Crippen molar-refractivity contribution in [2.45, 2.75) is 13.5 Å². The van der Waals surface area contributed by atoms with Crippen LogP contribution in [0.4, 0.5) is 5.95 Å². The SMILES string of the molecule is CC(Cn1cnc(N)n1)C(=O)O. The van der Waals surface area contributed by atoms with Gasteiger partial charge in [-0.05, 0) is 0 Å². The van der Waals surface area contributed by atoms with Gasteiger partial charge in [-0.2, -0.15) is 0 Å². The van der Waals surface area contributed by atoms with Gasteiger partial charge in [0.1, 0.15) is 6.33 Å². The van der Waals surface area contributed by atoms with Gasteiger partial charge < -0.3 is 10.8 Å². The van der Waals surface area contributed by atoms with Gasteiger partial charge in [-0.1, -0.05) is 6.92 Å². The van der Waals surface area contributed by atoms with E-state index in [1.807, 2.05) is 0 Å². The number of nitrogens with two attached hydrogens (primary N) is 1. The number of carboxylic acids is 1.